The third-order valence-electron chi connectivity index (χ3n) is 8.07. The van der Waals surface area contributed by atoms with Crippen LogP contribution in [-0.4, -0.2) is 59.3 Å². The van der Waals surface area contributed by atoms with Crippen molar-refractivity contribution in [1.29, 1.82) is 0 Å². The zero-order valence-corrected chi connectivity index (χ0v) is 21.2. The van der Waals surface area contributed by atoms with Gasteiger partial charge in [0.15, 0.2) is 18.2 Å². The molecule has 4 aliphatic rings. The van der Waals surface area contributed by atoms with E-state index < -0.39 is 0 Å². The van der Waals surface area contributed by atoms with Gasteiger partial charge < -0.3 is 19.5 Å². The van der Waals surface area contributed by atoms with Gasteiger partial charge in [-0.3, -0.25) is 14.7 Å². The van der Waals surface area contributed by atoms with Gasteiger partial charge >= 0.3 is 0 Å². The number of fused-ring (bicyclic) bond motifs is 5. The number of rotatable bonds is 7. The molecule has 7 rings (SSSR count). The average Bonchev–Trinajstić information content (AvgIpc) is 2.92. The van der Waals surface area contributed by atoms with E-state index in [1.807, 2.05) is 31.2 Å². The van der Waals surface area contributed by atoms with E-state index in [1.165, 1.54) is 6.20 Å². The predicted octanol–water partition coefficient (Wildman–Crippen LogP) is 4.17. The maximum absolute atomic E-state index is 15.2. The monoisotopic (exact) mass is 506 g/mol. The Bertz CT molecular complexity index is 1340. The molecule has 1 amide bonds. The topological polar surface area (TPSA) is 85.8 Å². The molecule has 2 aromatic heterocycles. The van der Waals surface area contributed by atoms with Gasteiger partial charge in [0, 0.05) is 29.6 Å². The first kappa shape index (κ1) is 24.1. The van der Waals surface area contributed by atoms with Crippen molar-refractivity contribution in [2.75, 3.05) is 32.2 Å². The van der Waals surface area contributed by atoms with E-state index in [1.54, 1.807) is 7.11 Å². The third-order valence-corrected chi connectivity index (χ3v) is 8.07. The van der Waals surface area contributed by atoms with E-state index in [-0.39, 0.29) is 23.9 Å². The Morgan fingerprint density at radius 3 is 2.86 bits per heavy atom. The summed E-state index contributed by atoms with van der Waals surface area (Å²) in [6.07, 6.45) is 6.30. The highest BCUT2D eigenvalue weighted by Crippen LogP contribution is 2.42. The molecule has 0 atom stereocenters. The highest BCUT2D eigenvalue weighted by atomic mass is 19.1. The molecule has 37 heavy (non-hydrogen) atoms. The summed E-state index contributed by atoms with van der Waals surface area (Å²) in [5, 5.41) is 3.58. The summed E-state index contributed by atoms with van der Waals surface area (Å²) in [5.74, 6) is 1.19. The third kappa shape index (κ3) is 4.51. The van der Waals surface area contributed by atoms with Crippen molar-refractivity contribution in [3.63, 3.8) is 0 Å². The highest BCUT2D eigenvalue weighted by molar-refractivity contribution is 5.94. The molecule has 9 heteroatoms. The van der Waals surface area contributed by atoms with Crippen LogP contribution in [0.2, 0.25) is 0 Å². The first-order valence-electron chi connectivity index (χ1n) is 12.8. The van der Waals surface area contributed by atoms with Crippen molar-refractivity contribution in [1.82, 2.24) is 14.9 Å². The number of pyridine rings is 2. The Hall–Kier alpha value is -3.30. The zero-order valence-electron chi connectivity index (χ0n) is 21.2. The highest BCUT2D eigenvalue weighted by Gasteiger charge is 2.45. The normalized spacial score (nSPS) is 22.6. The van der Waals surface area contributed by atoms with E-state index in [4.69, 9.17) is 19.2 Å². The standard InChI is InChI=1S/C28H31FN4O4/c1-17-11-20(35-2)12-22-21(23(29)13-30-26(17)22)7-10-33(28-8-5-19(6-9-28)37-16-28)14-18-3-4-24-27(31-18)32-25(34)15-36-24/h3-4,11-13,19H,5-10,14-16H2,1-2H3,(H,31,32,34). The van der Waals surface area contributed by atoms with Gasteiger partial charge in [-0.1, -0.05) is 0 Å². The molecule has 8 nitrogen and oxygen atoms in total. The largest absolute Gasteiger partial charge is 0.497 e. The molecule has 5 heterocycles. The van der Waals surface area contributed by atoms with E-state index in [0.717, 1.165) is 47.8 Å². The molecule has 194 valence electrons. The lowest BCUT2D eigenvalue weighted by atomic mass is 9.76. The van der Waals surface area contributed by atoms with E-state index in [0.29, 0.717) is 55.1 Å². The molecule has 2 bridgehead atoms. The zero-order chi connectivity index (χ0) is 25.6. The summed E-state index contributed by atoms with van der Waals surface area (Å²) in [4.78, 5) is 23.3. The van der Waals surface area contributed by atoms with E-state index in [9.17, 15) is 4.79 Å². The number of carbonyl (C=O) groups is 1. The van der Waals surface area contributed by atoms with Gasteiger partial charge in [0.1, 0.15) is 11.6 Å². The molecule has 3 fully saturated rings. The number of carbonyl (C=O) groups excluding carboxylic acids is 1. The Morgan fingerprint density at radius 1 is 1.27 bits per heavy atom. The number of aryl methyl sites for hydroxylation is 1. The maximum atomic E-state index is 15.2. The minimum absolute atomic E-state index is 0.00250. The van der Waals surface area contributed by atoms with Gasteiger partial charge in [0.05, 0.1) is 37.2 Å². The number of ether oxygens (including phenoxy) is 3. The molecule has 0 unspecified atom stereocenters. The summed E-state index contributed by atoms with van der Waals surface area (Å²) in [5.41, 5.74) is 3.07. The SMILES string of the molecule is COc1cc(C)c2ncc(F)c(CCN(Cc3ccc4c(n3)NC(=O)CO4)C34CCC(CC3)OC4)c2c1. The molecule has 1 aromatic carbocycles. The van der Waals surface area contributed by atoms with Crippen LogP contribution in [0.3, 0.4) is 0 Å². The average molecular weight is 507 g/mol. The van der Waals surface area contributed by atoms with Crippen LogP contribution in [0.25, 0.3) is 10.9 Å². The van der Waals surface area contributed by atoms with Crippen molar-refractivity contribution in [3.05, 3.63) is 53.1 Å². The summed E-state index contributed by atoms with van der Waals surface area (Å²) >= 11 is 0. The lowest BCUT2D eigenvalue weighted by molar-refractivity contribution is -0.138. The van der Waals surface area contributed by atoms with Gasteiger partial charge in [0.25, 0.3) is 5.91 Å². The van der Waals surface area contributed by atoms with Gasteiger partial charge in [-0.25, -0.2) is 9.37 Å². The first-order valence-corrected chi connectivity index (χ1v) is 12.8. The number of amides is 1. The number of nitrogens with one attached hydrogen (secondary N) is 1. The molecule has 1 aliphatic carbocycles. The number of benzene rings is 1. The number of halogens is 1. The Kier molecular flexibility index (Phi) is 6.20. The molecule has 3 aliphatic heterocycles. The lowest BCUT2D eigenvalue weighted by Crippen LogP contribution is -2.59. The van der Waals surface area contributed by atoms with Gasteiger partial charge in [-0.05, 0) is 68.9 Å². The van der Waals surface area contributed by atoms with Crippen LogP contribution in [0.1, 0.15) is 42.5 Å². The van der Waals surface area contributed by atoms with Gasteiger partial charge in [0.2, 0.25) is 0 Å². The molecular weight excluding hydrogens is 475 g/mol. The van der Waals surface area contributed by atoms with Crippen LogP contribution >= 0.6 is 0 Å². The maximum Gasteiger partial charge on any atom is 0.263 e. The van der Waals surface area contributed by atoms with Crippen molar-refractivity contribution < 1.29 is 23.4 Å². The first-order chi connectivity index (χ1) is 17.9. The van der Waals surface area contributed by atoms with Crippen molar-refractivity contribution in [3.8, 4) is 11.5 Å². The number of hydrogen-bond acceptors (Lipinski definition) is 7. The molecule has 0 spiro atoms. The van der Waals surface area contributed by atoms with Crippen LogP contribution in [0.5, 0.6) is 11.5 Å². The summed E-state index contributed by atoms with van der Waals surface area (Å²) in [6.45, 7) is 3.81. The molecule has 2 saturated heterocycles. The van der Waals surface area contributed by atoms with Crippen LogP contribution < -0.4 is 14.8 Å². The summed E-state index contributed by atoms with van der Waals surface area (Å²) < 4.78 is 32.3. The fraction of sp³-hybridized carbons (Fsp3) is 0.464. The molecule has 1 saturated carbocycles. The van der Waals surface area contributed by atoms with Crippen molar-refractivity contribution in [2.45, 2.75) is 57.2 Å². The van der Waals surface area contributed by atoms with Crippen LogP contribution in [0.4, 0.5) is 10.2 Å². The van der Waals surface area contributed by atoms with Crippen molar-refractivity contribution in [2.24, 2.45) is 0 Å². The second-order valence-electron chi connectivity index (χ2n) is 10.3. The minimum Gasteiger partial charge on any atom is -0.497 e. The van der Waals surface area contributed by atoms with E-state index >= 15 is 4.39 Å². The van der Waals surface area contributed by atoms with E-state index in [2.05, 4.69) is 15.2 Å². The Morgan fingerprint density at radius 2 is 2.11 bits per heavy atom. The second-order valence-corrected chi connectivity index (χ2v) is 10.3. The lowest BCUT2D eigenvalue weighted by Gasteiger charge is -2.52. The summed E-state index contributed by atoms with van der Waals surface area (Å²) in [7, 11) is 1.62. The van der Waals surface area contributed by atoms with Crippen LogP contribution in [0.15, 0.2) is 30.5 Å². The van der Waals surface area contributed by atoms with Crippen molar-refractivity contribution >= 4 is 22.6 Å². The Balaban J connectivity index is 1.32. The number of methoxy groups -OCH3 is 1. The Labute approximate surface area is 215 Å². The molecule has 0 radical (unpaired) electrons. The number of nitrogens with zero attached hydrogens (tertiary/aromatic N) is 3. The molecular formula is C28H31FN4O4. The number of hydrogen-bond donors (Lipinski definition) is 1. The molecule has 1 N–H and O–H groups in total. The number of aromatic nitrogens is 2. The summed E-state index contributed by atoms with van der Waals surface area (Å²) in [6, 6.07) is 7.58. The van der Waals surface area contributed by atoms with Gasteiger partial charge in [-0.2, -0.15) is 0 Å². The minimum atomic E-state index is -0.312. The van der Waals surface area contributed by atoms with Gasteiger partial charge in [-0.15, -0.1) is 0 Å². The fourth-order valence-electron chi connectivity index (χ4n) is 5.99. The van der Waals surface area contributed by atoms with Crippen LogP contribution in [0, 0.1) is 12.7 Å². The number of anilines is 1. The smallest absolute Gasteiger partial charge is 0.263 e. The quantitative estimate of drug-likeness (QED) is 0.515. The predicted molar refractivity (Wildman–Crippen MR) is 136 cm³/mol. The fourth-order valence-corrected chi connectivity index (χ4v) is 5.99. The second kappa shape index (κ2) is 9.54. The molecule has 3 aromatic rings. The van der Waals surface area contributed by atoms with Crippen LogP contribution in [-0.2, 0) is 22.5 Å².